The second-order valence-electron chi connectivity index (χ2n) is 7.00. The van der Waals surface area contributed by atoms with Gasteiger partial charge in [0.2, 0.25) is 0 Å². The minimum atomic E-state index is -0.297. The van der Waals surface area contributed by atoms with E-state index in [2.05, 4.69) is 11.8 Å². The standard InChI is InChI=1S/C22H22ClNO3/c1-2-3-6-16-11-21(25)27-22-18(16)8-9-20-19(22)13-24(14-26-20)12-15-5-4-7-17(23)10-15/h4-5,7-11H,2-3,6,12-14H2,1H3. The van der Waals surface area contributed by atoms with Crippen molar-refractivity contribution in [2.45, 2.75) is 39.3 Å². The number of nitrogens with zero attached hydrogens (tertiary/aromatic N) is 1. The molecule has 0 amide bonds. The van der Waals surface area contributed by atoms with Gasteiger partial charge >= 0.3 is 5.63 Å². The van der Waals surface area contributed by atoms with Crippen molar-refractivity contribution in [3.8, 4) is 5.75 Å². The van der Waals surface area contributed by atoms with Gasteiger partial charge in [-0.1, -0.05) is 37.1 Å². The van der Waals surface area contributed by atoms with E-state index in [4.69, 9.17) is 20.8 Å². The minimum absolute atomic E-state index is 0.297. The average Bonchev–Trinajstić information content (AvgIpc) is 2.66. The Morgan fingerprint density at radius 1 is 1.19 bits per heavy atom. The summed E-state index contributed by atoms with van der Waals surface area (Å²) in [6.07, 6.45) is 3.01. The van der Waals surface area contributed by atoms with Gasteiger partial charge in [0, 0.05) is 29.6 Å². The van der Waals surface area contributed by atoms with Gasteiger partial charge in [-0.2, -0.15) is 0 Å². The van der Waals surface area contributed by atoms with Crippen LogP contribution in [-0.4, -0.2) is 11.6 Å². The Kier molecular flexibility index (Phi) is 5.19. The monoisotopic (exact) mass is 383 g/mol. The summed E-state index contributed by atoms with van der Waals surface area (Å²) >= 11 is 6.10. The van der Waals surface area contributed by atoms with Crippen molar-refractivity contribution in [2.24, 2.45) is 0 Å². The summed E-state index contributed by atoms with van der Waals surface area (Å²) in [4.78, 5) is 14.3. The Morgan fingerprint density at radius 3 is 2.89 bits per heavy atom. The highest BCUT2D eigenvalue weighted by Gasteiger charge is 2.22. The number of aryl methyl sites for hydroxylation is 1. The van der Waals surface area contributed by atoms with E-state index in [1.807, 2.05) is 36.4 Å². The third kappa shape index (κ3) is 3.87. The number of rotatable bonds is 5. The molecule has 4 rings (SSSR count). The highest BCUT2D eigenvalue weighted by molar-refractivity contribution is 6.30. The molecule has 4 nitrogen and oxygen atoms in total. The van der Waals surface area contributed by atoms with Crippen LogP contribution >= 0.6 is 11.6 Å². The molecule has 3 aromatic rings. The van der Waals surface area contributed by atoms with Crippen LogP contribution in [0.1, 0.15) is 36.5 Å². The Hall–Kier alpha value is -2.30. The lowest BCUT2D eigenvalue weighted by Gasteiger charge is -2.29. The lowest BCUT2D eigenvalue weighted by Crippen LogP contribution is -2.31. The summed E-state index contributed by atoms with van der Waals surface area (Å²) < 4.78 is 11.6. The van der Waals surface area contributed by atoms with Crippen LogP contribution in [-0.2, 0) is 19.5 Å². The molecular formula is C22H22ClNO3. The first-order valence-corrected chi connectivity index (χ1v) is 9.70. The molecule has 0 atom stereocenters. The fourth-order valence-corrected chi connectivity index (χ4v) is 3.83. The first-order chi connectivity index (χ1) is 13.1. The number of ether oxygens (including phenoxy) is 1. The van der Waals surface area contributed by atoms with Crippen LogP contribution in [0.5, 0.6) is 5.75 Å². The van der Waals surface area contributed by atoms with Crippen molar-refractivity contribution in [2.75, 3.05) is 6.73 Å². The first-order valence-electron chi connectivity index (χ1n) is 9.32. The maximum Gasteiger partial charge on any atom is 0.336 e. The Labute approximate surface area is 163 Å². The maximum absolute atomic E-state index is 12.1. The van der Waals surface area contributed by atoms with Crippen LogP contribution in [0.3, 0.4) is 0 Å². The largest absolute Gasteiger partial charge is 0.478 e. The lowest BCUT2D eigenvalue weighted by molar-refractivity contribution is 0.0889. The van der Waals surface area contributed by atoms with Gasteiger partial charge in [0.1, 0.15) is 18.1 Å². The molecule has 0 fully saturated rings. The zero-order valence-corrected chi connectivity index (χ0v) is 16.1. The molecule has 0 bridgehead atoms. The molecule has 0 spiro atoms. The maximum atomic E-state index is 12.1. The van der Waals surface area contributed by atoms with Crippen LogP contribution in [0.4, 0.5) is 0 Å². The summed E-state index contributed by atoms with van der Waals surface area (Å²) in [6, 6.07) is 13.4. The Balaban J connectivity index is 1.68. The van der Waals surface area contributed by atoms with E-state index in [0.717, 1.165) is 58.7 Å². The Morgan fingerprint density at radius 2 is 2.07 bits per heavy atom. The fourth-order valence-electron chi connectivity index (χ4n) is 3.61. The van der Waals surface area contributed by atoms with Gasteiger partial charge in [-0.05, 0) is 48.2 Å². The van der Waals surface area contributed by atoms with Gasteiger partial charge in [0.05, 0.1) is 5.56 Å². The van der Waals surface area contributed by atoms with Crippen LogP contribution in [0, 0.1) is 0 Å². The number of hydrogen-bond acceptors (Lipinski definition) is 4. The molecule has 0 radical (unpaired) electrons. The van der Waals surface area contributed by atoms with Gasteiger partial charge < -0.3 is 9.15 Å². The van der Waals surface area contributed by atoms with E-state index >= 15 is 0 Å². The highest BCUT2D eigenvalue weighted by Crippen LogP contribution is 2.34. The van der Waals surface area contributed by atoms with Crippen molar-refractivity contribution in [1.29, 1.82) is 0 Å². The molecule has 0 saturated carbocycles. The molecular weight excluding hydrogens is 362 g/mol. The van der Waals surface area contributed by atoms with Crippen LogP contribution < -0.4 is 10.4 Å². The molecule has 2 heterocycles. The van der Waals surface area contributed by atoms with Crippen molar-refractivity contribution in [3.63, 3.8) is 0 Å². The van der Waals surface area contributed by atoms with Crippen LogP contribution in [0.2, 0.25) is 5.02 Å². The fraction of sp³-hybridized carbons (Fsp3) is 0.318. The van der Waals surface area contributed by atoms with Crippen molar-refractivity contribution in [3.05, 3.63) is 74.6 Å². The summed E-state index contributed by atoms with van der Waals surface area (Å²) in [5.74, 6) is 0.792. The average molecular weight is 384 g/mol. The quantitative estimate of drug-likeness (QED) is 0.572. The molecule has 1 aromatic heterocycles. The van der Waals surface area contributed by atoms with Crippen molar-refractivity contribution < 1.29 is 9.15 Å². The third-order valence-corrected chi connectivity index (χ3v) is 5.17. The number of benzene rings is 2. The van der Waals surface area contributed by atoms with Gasteiger partial charge in [0.25, 0.3) is 0 Å². The van der Waals surface area contributed by atoms with E-state index in [-0.39, 0.29) is 5.63 Å². The predicted molar refractivity (Wildman–Crippen MR) is 107 cm³/mol. The number of fused-ring (bicyclic) bond motifs is 3. The van der Waals surface area contributed by atoms with Crippen LogP contribution in [0.15, 0.2) is 51.7 Å². The molecule has 0 saturated heterocycles. The van der Waals surface area contributed by atoms with Crippen LogP contribution in [0.25, 0.3) is 11.0 Å². The van der Waals surface area contributed by atoms with Crippen molar-refractivity contribution in [1.82, 2.24) is 4.90 Å². The molecule has 1 aliphatic rings. The summed E-state index contributed by atoms with van der Waals surface area (Å²) in [6.45, 7) is 4.03. The zero-order valence-electron chi connectivity index (χ0n) is 15.3. The molecule has 5 heteroatoms. The van der Waals surface area contributed by atoms with Crippen molar-refractivity contribution >= 4 is 22.6 Å². The number of halogens is 1. The predicted octanol–water partition coefficient (Wildman–Crippen LogP) is 5.14. The van der Waals surface area contributed by atoms with E-state index in [0.29, 0.717) is 18.9 Å². The number of hydrogen-bond donors (Lipinski definition) is 0. The van der Waals surface area contributed by atoms with Gasteiger partial charge in [0.15, 0.2) is 0 Å². The lowest BCUT2D eigenvalue weighted by atomic mass is 10.0. The SMILES string of the molecule is CCCCc1cc(=O)oc2c3c(ccc12)OCN(Cc1cccc(Cl)c1)C3. The molecule has 27 heavy (non-hydrogen) atoms. The molecule has 0 unspecified atom stereocenters. The zero-order chi connectivity index (χ0) is 18.8. The normalized spacial score (nSPS) is 14.1. The van der Waals surface area contributed by atoms with E-state index in [1.165, 1.54) is 0 Å². The third-order valence-electron chi connectivity index (χ3n) is 4.94. The molecule has 1 aliphatic heterocycles. The second kappa shape index (κ2) is 7.75. The van der Waals surface area contributed by atoms with E-state index in [9.17, 15) is 4.79 Å². The highest BCUT2D eigenvalue weighted by atomic mass is 35.5. The topological polar surface area (TPSA) is 42.7 Å². The second-order valence-corrected chi connectivity index (χ2v) is 7.44. The molecule has 0 N–H and O–H groups in total. The Bertz CT molecular complexity index is 1030. The summed E-state index contributed by atoms with van der Waals surface area (Å²) in [5.41, 5.74) is 3.48. The minimum Gasteiger partial charge on any atom is -0.478 e. The van der Waals surface area contributed by atoms with Gasteiger partial charge in [-0.15, -0.1) is 0 Å². The summed E-state index contributed by atoms with van der Waals surface area (Å²) in [7, 11) is 0. The number of unbranched alkanes of at least 4 members (excludes halogenated alkanes) is 1. The summed E-state index contributed by atoms with van der Waals surface area (Å²) in [5, 5.41) is 1.73. The molecule has 0 aliphatic carbocycles. The molecule has 2 aromatic carbocycles. The molecule has 140 valence electrons. The van der Waals surface area contributed by atoms with Gasteiger partial charge in [-0.25, -0.2) is 4.79 Å². The van der Waals surface area contributed by atoms with Gasteiger partial charge in [-0.3, -0.25) is 4.90 Å². The van der Waals surface area contributed by atoms with E-state index in [1.54, 1.807) is 6.07 Å². The first kappa shape index (κ1) is 18.1. The smallest absolute Gasteiger partial charge is 0.336 e. The van der Waals surface area contributed by atoms with E-state index < -0.39 is 0 Å².